The number of amidine groups is 1. The van der Waals surface area contributed by atoms with E-state index in [1.54, 1.807) is 0 Å². The van der Waals surface area contributed by atoms with Crippen molar-refractivity contribution < 1.29 is 36.2 Å². The minimum Gasteiger partial charge on any atom is -0.464 e. The number of nitrogens with zero attached hydrogens (tertiary/aromatic N) is 2. The molecule has 2 aliphatic heterocycles. The maximum Gasteiger partial charge on any atom is 0.398 e. The number of H-pyrrole nitrogens is 1. The van der Waals surface area contributed by atoms with Gasteiger partial charge in [-0.2, -0.15) is 13.2 Å². The van der Waals surface area contributed by atoms with Gasteiger partial charge in [0.25, 0.3) is 6.02 Å². The smallest absolute Gasteiger partial charge is 0.398 e. The number of aliphatic imine (C=N–C) groups is 1. The van der Waals surface area contributed by atoms with Crippen LogP contribution in [-0.4, -0.2) is 48.5 Å². The van der Waals surface area contributed by atoms with Crippen molar-refractivity contribution in [2.45, 2.75) is 37.3 Å². The summed E-state index contributed by atoms with van der Waals surface area (Å²) in [7, 11) is 0. The first-order chi connectivity index (χ1) is 17.7. The minimum atomic E-state index is -4.49. The number of ether oxygens (including phenoxy) is 3. The number of aromatic nitrogens is 2. The van der Waals surface area contributed by atoms with Crippen LogP contribution in [0.1, 0.15) is 31.2 Å². The zero-order valence-electron chi connectivity index (χ0n) is 19.6. The van der Waals surface area contributed by atoms with Crippen LogP contribution in [0.5, 0.6) is 11.5 Å². The third-order valence-corrected chi connectivity index (χ3v) is 7.52. The second-order valence-electron chi connectivity index (χ2n) is 9.88. The number of anilines is 1. The predicted octanol–water partition coefficient (Wildman–Crippen LogP) is 5.82. The summed E-state index contributed by atoms with van der Waals surface area (Å²) in [5.74, 6) is -2.96. The first-order valence-corrected chi connectivity index (χ1v) is 11.9. The zero-order chi connectivity index (χ0) is 25.8. The van der Waals surface area contributed by atoms with Crippen molar-refractivity contribution in [3.8, 4) is 11.5 Å². The highest BCUT2D eigenvalue weighted by atomic mass is 19.4. The summed E-state index contributed by atoms with van der Waals surface area (Å²) in [5.41, 5.74) is -2.08. The average Bonchev–Trinajstić information content (AvgIpc) is 3.45. The number of pyridine rings is 1. The van der Waals surface area contributed by atoms with Gasteiger partial charge < -0.3 is 24.5 Å². The van der Waals surface area contributed by atoms with Gasteiger partial charge in [0.2, 0.25) is 0 Å². The molecule has 1 unspecified atom stereocenters. The van der Waals surface area contributed by atoms with Crippen LogP contribution in [0.25, 0.3) is 11.0 Å². The predicted molar refractivity (Wildman–Crippen MR) is 124 cm³/mol. The molecule has 1 aliphatic carbocycles. The molecule has 2 N–H and O–H groups in total. The molecule has 12 heteroatoms. The first-order valence-electron chi connectivity index (χ1n) is 11.9. The lowest BCUT2D eigenvalue weighted by atomic mass is 9.64. The van der Waals surface area contributed by atoms with Gasteiger partial charge in [0.1, 0.15) is 18.0 Å². The number of aromatic amines is 1. The summed E-state index contributed by atoms with van der Waals surface area (Å²) in [6.07, 6.45) is -0.860. The van der Waals surface area contributed by atoms with E-state index in [-0.39, 0.29) is 52.3 Å². The molecule has 1 atom stereocenters. The fourth-order valence-corrected chi connectivity index (χ4v) is 5.20. The third-order valence-electron chi connectivity index (χ3n) is 7.52. The van der Waals surface area contributed by atoms with E-state index in [1.165, 1.54) is 18.5 Å². The third kappa shape index (κ3) is 3.97. The Kier molecular flexibility index (Phi) is 5.55. The molecular weight excluding hydrogens is 499 g/mol. The van der Waals surface area contributed by atoms with E-state index in [9.17, 15) is 13.2 Å². The Hall–Kier alpha value is -3.41. The van der Waals surface area contributed by atoms with Gasteiger partial charge in [-0.25, -0.2) is 18.8 Å². The molecule has 0 radical (unpaired) electrons. The molecule has 196 valence electrons. The highest BCUT2D eigenvalue weighted by Gasteiger charge is 2.60. The van der Waals surface area contributed by atoms with Crippen LogP contribution in [0.2, 0.25) is 0 Å². The highest BCUT2D eigenvalue weighted by Crippen LogP contribution is 2.57. The van der Waals surface area contributed by atoms with Gasteiger partial charge in [-0.3, -0.25) is 0 Å². The van der Waals surface area contributed by atoms with Crippen LogP contribution in [0, 0.1) is 17.0 Å². The minimum absolute atomic E-state index is 0.0404. The summed E-state index contributed by atoms with van der Waals surface area (Å²) >= 11 is 0. The van der Waals surface area contributed by atoms with Crippen molar-refractivity contribution >= 4 is 22.7 Å². The number of rotatable bonds is 4. The Morgan fingerprint density at radius 3 is 2.46 bits per heavy atom. The Morgan fingerprint density at radius 2 is 1.86 bits per heavy atom. The van der Waals surface area contributed by atoms with E-state index in [0.29, 0.717) is 32.8 Å². The normalized spacial score (nSPS) is 23.0. The van der Waals surface area contributed by atoms with Crippen LogP contribution in [0.3, 0.4) is 0 Å². The van der Waals surface area contributed by atoms with Crippen LogP contribution in [0.15, 0.2) is 35.6 Å². The Morgan fingerprint density at radius 1 is 1.08 bits per heavy atom. The summed E-state index contributed by atoms with van der Waals surface area (Å²) < 4.78 is 88.7. The lowest BCUT2D eigenvalue weighted by Gasteiger charge is -2.43. The molecule has 1 saturated heterocycles. The van der Waals surface area contributed by atoms with Crippen LogP contribution in [0.4, 0.5) is 27.6 Å². The second kappa shape index (κ2) is 8.57. The molecule has 6 rings (SSSR count). The number of alkyl halides is 3. The van der Waals surface area contributed by atoms with Gasteiger partial charge in [-0.15, -0.1) is 0 Å². The lowest BCUT2D eigenvalue weighted by Crippen LogP contribution is -2.47. The topological polar surface area (TPSA) is 80.8 Å². The Balaban J connectivity index is 1.28. The fourth-order valence-electron chi connectivity index (χ4n) is 5.20. The molecule has 0 bridgehead atoms. The molecule has 3 aromatic rings. The molecular formula is C25H23F5N4O3. The number of fused-ring (bicyclic) bond motifs is 1. The standard InChI is InChI=1S/C25H23F5N4O3/c26-16-8-14(34-22-33-11-23(13-36-22)5-7-35-12-23)9-17(27)20(16)37-18-2-6-31-21-19(18)15(10-32-21)24(3-1-4-24)25(28,29)30/h2,6,8-10H,1,3-5,7,11-13H2,(H,31,32)(H,33,34). The first kappa shape index (κ1) is 24.0. The Bertz CT molecular complexity index is 1350. The molecule has 1 saturated carbocycles. The molecule has 2 fully saturated rings. The molecule has 3 aliphatic rings. The fraction of sp³-hybridized carbons (Fsp3) is 0.440. The molecule has 2 aromatic heterocycles. The summed E-state index contributed by atoms with van der Waals surface area (Å²) in [4.78, 5) is 11.1. The van der Waals surface area contributed by atoms with Crippen molar-refractivity contribution in [1.82, 2.24) is 9.97 Å². The van der Waals surface area contributed by atoms with Gasteiger partial charge in [0.05, 0.1) is 24.0 Å². The molecule has 0 amide bonds. The average molecular weight is 522 g/mol. The van der Waals surface area contributed by atoms with E-state index in [2.05, 4.69) is 20.3 Å². The second-order valence-corrected chi connectivity index (χ2v) is 9.88. The number of halogens is 5. The van der Waals surface area contributed by atoms with Gasteiger partial charge >= 0.3 is 6.18 Å². The molecule has 1 spiro atoms. The van der Waals surface area contributed by atoms with Crippen molar-refractivity contribution in [2.24, 2.45) is 10.4 Å². The van der Waals surface area contributed by atoms with E-state index < -0.39 is 29.0 Å². The SMILES string of the molecule is Fc1cc(NC2=NCC3(CCOC3)CO2)cc(F)c1Oc1ccnc2[nH]cc(C3(C(F)(F)F)CCC3)c12. The summed E-state index contributed by atoms with van der Waals surface area (Å²) in [6, 6.07) is 3.44. The number of nitrogens with one attached hydrogen (secondary N) is 2. The van der Waals surface area contributed by atoms with Crippen LogP contribution >= 0.6 is 0 Å². The molecule has 1 aromatic carbocycles. The zero-order valence-corrected chi connectivity index (χ0v) is 19.6. The van der Waals surface area contributed by atoms with E-state index >= 15 is 8.78 Å². The molecule has 4 heterocycles. The maximum atomic E-state index is 15.0. The van der Waals surface area contributed by atoms with E-state index in [4.69, 9.17) is 14.2 Å². The van der Waals surface area contributed by atoms with Gasteiger partial charge in [-0.05, 0) is 30.9 Å². The summed E-state index contributed by atoms with van der Waals surface area (Å²) in [5, 5.41) is 2.81. The number of hydrogen-bond donors (Lipinski definition) is 2. The van der Waals surface area contributed by atoms with Crippen molar-refractivity contribution in [3.05, 3.63) is 47.8 Å². The largest absolute Gasteiger partial charge is 0.464 e. The van der Waals surface area contributed by atoms with Gasteiger partial charge in [-0.1, -0.05) is 6.42 Å². The maximum absolute atomic E-state index is 15.0. The quantitative estimate of drug-likeness (QED) is 0.422. The van der Waals surface area contributed by atoms with Gasteiger partial charge in [0, 0.05) is 42.2 Å². The van der Waals surface area contributed by atoms with Crippen LogP contribution in [-0.2, 0) is 14.9 Å². The monoisotopic (exact) mass is 522 g/mol. The molecule has 7 nitrogen and oxygen atoms in total. The van der Waals surface area contributed by atoms with Gasteiger partial charge in [0.15, 0.2) is 17.4 Å². The van der Waals surface area contributed by atoms with Crippen molar-refractivity contribution in [3.63, 3.8) is 0 Å². The lowest BCUT2D eigenvalue weighted by molar-refractivity contribution is -0.212. The van der Waals surface area contributed by atoms with E-state index in [1.807, 2.05) is 0 Å². The molecule has 37 heavy (non-hydrogen) atoms. The number of benzene rings is 1. The summed E-state index contributed by atoms with van der Waals surface area (Å²) in [6.45, 7) is 2.04. The van der Waals surface area contributed by atoms with E-state index in [0.717, 1.165) is 18.6 Å². The van der Waals surface area contributed by atoms with Crippen LogP contribution < -0.4 is 10.1 Å². The van der Waals surface area contributed by atoms with Crippen molar-refractivity contribution in [2.75, 3.05) is 31.7 Å². The van der Waals surface area contributed by atoms with Crippen molar-refractivity contribution in [1.29, 1.82) is 0 Å². The number of hydrogen-bond acceptors (Lipinski definition) is 6. The highest BCUT2D eigenvalue weighted by molar-refractivity contribution is 5.90. The Labute approximate surface area is 208 Å².